The van der Waals surface area contributed by atoms with Crippen molar-refractivity contribution < 1.29 is 57.1 Å². The maximum Gasteiger partial charge on any atom is 0.455 e. The van der Waals surface area contributed by atoms with Crippen LogP contribution in [-0.4, -0.2) is 50.3 Å². The summed E-state index contributed by atoms with van der Waals surface area (Å²) >= 11 is 0. The van der Waals surface area contributed by atoms with E-state index in [-0.39, 0.29) is 23.8 Å². The van der Waals surface area contributed by atoms with Crippen LogP contribution in [0.1, 0.15) is 24.0 Å². The molecule has 3 rings (SSSR count). The summed E-state index contributed by atoms with van der Waals surface area (Å²) in [7, 11) is -4.98. The molecule has 0 radical (unpaired) electrons. The Hall–Kier alpha value is -3.55. The Morgan fingerprint density at radius 3 is 2.15 bits per heavy atom. The van der Waals surface area contributed by atoms with Crippen LogP contribution in [0.3, 0.4) is 0 Å². The SMILES string of the molecule is N#CC1(NC(=O)[C@H](CS(=O)(=O)Cc2ccccc2C(F)(F)F)N(CC(F)(F)C(F)(F)F)c2ccc(F)cc2F)CC1. The van der Waals surface area contributed by atoms with E-state index in [9.17, 15) is 62.4 Å². The molecule has 1 N–H and O–H groups in total. The molecule has 0 aromatic heterocycles. The van der Waals surface area contributed by atoms with Crippen molar-refractivity contribution in [3.05, 3.63) is 65.2 Å². The average molecular weight is 619 g/mol. The summed E-state index contributed by atoms with van der Waals surface area (Å²) in [4.78, 5) is 12.9. The highest BCUT2D eigenvalue weighted by Gasteiger charge is 2.59. The molecular weight excluding hydrogens is 600 g/mol. The first kappa shape index (κ1) is 32.0. The molecule has 0 bridgehead atoms. The number of carbonyl (C=O) groups is 1. The number of hydrogen-bond donors (Lipinski definition) is 1. The molecule has 1 atom stereocenters. The third-order valence-corrected chi connectivity index (χ3v) is 7.69. The lowest BCUT2D eigenvalue weighted by atomic mass is 10.1. The van der Waals surface area contributed by atoms with E-state index < -0.39 is 92.1 Å². The standard InChI is InChI=1S/C24H19F10N3O3S/c25-15-5-6-18(17(26)9-15)37(13-22(27,28)24(32,33)34)19(20(38)36-21(12-35)7-8-21)11-41(39,40)10-14-3-1-2-4-16(14)23(29,30)31/h1-6,9,19H,7-8,10-11,13H2,(H,36,38)/t19-/m0/s1. The molecule has 0 unspecified atom stereocenters. The fourth-order valence-corrected chi connectivity index (χ4v) is 5.51. The van der Waals surface area contributed by atoms with Gasteiger partial charge in [-0.1, -0.05) is 18.2 Å². The van der Waals surface area contributed by atoms with Gasteiger partial charge in [-0.15, -0.1) is 0 Å². The van der Waals surface area contributed by atoms with Crippen molar-refractivity contribution in [3.8, 4) is 6.07 Å². The molecule has 1 saturated carbocycles. The van der Waals surface area contributed by atoms with Crippen molar-refractivity contribution in [2.75, 3.05) is 17.2 Å². The number of carbonyl (C=O) groups excluding carboxylic acids is 1. The van der Waals surface area contributed by atoms with Gasteiger partial charge in [-0.25, -0.2) is 17.2 Å². The minimum atomic E-state index is -6.28. The van der Waals surface area contributed by atoms with E-state index in [0.29, 0.717) is 18.2 Å². The van der Waals surface area contributed by atoms with Gasteiger partial charge in [-0.05, 0) is 36.6 Å². The van der Waals surface area contributed by atoms with Crippen LogP contribution < -0.4 is 10.2 Å². The second-order valence-corrected chi connectivity index (χ2v) is 11.4. The summed E-state index contributed by atoms with van der Waals surface area (Å²) in [6, 6.07) is 3.26. The second-order valence-electron chi connectivity index (χ2n) is 9.33. The summed E-state index contributed by atoms with van der Waals surface area (Å²) in [5.41, 5.74) is -5.07. The third-order valence-electron chi connectivity index (χ3n) is 6.12. The highest BCUT2D eigenvalue weighted by atomic mass is 32.2. The zero-order chi connectivity index (χ0) is 31.0. The summed E-state index contributed by atoms with van der Waals surface area (Å²) < 4.78 is 163. The molecule has 0 heterocycles. The molecule has 0 spiro atoms. The Morgan fingerprint density at radius 2 is 1.63 bits per heavy atom. The first-order valence-electron chi connectivity index (χ1n) is 11.5. The lowest BCUT2D eigenvalue weighted by Crippen LogP contribution is -2.58. The molecule has 1 fully saturated rings. The molecule has 17 heteroatoms. The molecular formula is C24H19F10N3O3S. The van der Waals surface area contributed by atoms with Crippen LogP contribution in [0.5, 0.6) is 0 Å². The van der Waals surface area contributed by atoms with Crippen LogP contribution in [0, 0.1) is 23.0 Å². The quantitative estimate of drug-likeness (QED) is 0.372. The number of halogens is 10. The highest BCUT2D eigenvalue weighted by molar-refractivity contribution is 7.90. The van der Waals surface area contributed by atoms with Crippen molar-refractivity contribution in [2.45, 2.75) is 48.5 Å². The lowest BCUT2D eigenvalue weighted by Gasteiger charge is -2.36. The summed E-state index contributed by atoms with van der Waals surface area (Å²) in [6.45, 7) is -2.54. The predicted molar refractivity (Wildman–Crippen MR) is 123 cm³/mol. The molecule has 0 saturated heterocycles. The molecule has 224 valence electrons. The third kappa shape index (κ3) is 7.60. The fourth-order valence-electron chi connectivity index (χ4n) is 3.86. The van der Waals surface area contributed by atoms with Gasteiger partial charge in [-0.2, -0.15) is 40.4 Å². The van der Waals surface area contributed by atoms with Gasteiger partial charge in [0.25, 0.3) is 0 Å². The van der Waals surface area contributed by atoms with E-state index >= 15 is 0 Å². The number of benzene rings is 2. The largest absolute Gasteiger partial charge is 0.455 e. The molecule has 2 aromatic carbocycles. The summed E-state index contributed by atoms with van der Waals surface area (Å²) in [5, 5.41) is 11.3. The Kier molecular flexibility index (Phi) is 8.60. The zero-order valence-electron chi connectivity index (χ0n) is 20.5. The fraction of sp³-hybridized carbons (Fsp3) is 0.417. The van der Waals surface area contributed by atoms with Crippen LogP contribution in [-0.2, 0) is 26.6 Å². The zero-order valence-corrected chi connectivity index (χ0v) is 21.3. The normalized spacial score (nSPS) is 16.0. The van der Waals surface area contributed by atoms with Crippen LogP contribution >= 0.6 is 0 Å². The molecule has 0 aliphatic heterocycles. The van der Waals surface area contributed by atoms with E-state index in [2.05, 4.69) is 0 Å². The topological polar surface area (TPSA) is 90.3 Å². The van der Waals surface area contributed by atoms with Gasteiger partial charge in [0.05, 0.1) is 35.4 Å². The number of nitriles is 1. The van der Waals surface area contributed by atoms with E-state index in [1.54, 1.807) is 6.07 Å². The Labute approximate surface area is 226 Å². The van der Waals surface area contributed by atoms with Crippen molar-refractivity contribution in [3.63, 3.8) is 0 Å². The maximum atomic E-state index is 14.7. The average Bonchev–Trinajstić information content (AvgIpc) is 3.60. The van der Waals surface area contributed by atoms with E-state index in [1.807, 2.05) is 5.32 Å². The minimum Gasteiger partial charge on any atom is -0.350 e. The monoisotopic (exact) mass is 619 g/mol. The molecule has 1 aliphatic rings. The van der Waals surface area contributed by atoms with Gasteiger partial charge in [-0.3, -0.25) is 4.79 Å². The number of nitrogens with zero attached hydrogens (tertiary/aromatic N) is 2. The summed E-state index contributed by atoms with van der Waals surface area (Å²) in [6.07, 6.45) is -11.3. The number of alkyl halides is 8. The summed E-state index contributed by atoms with van der Waals surface area (Å²) in [5.74, 6) is -13.5. The highest BCUT2D eigenvalue weighted by Crippen LogP contribution is 2.39. The number of amides is 1. The number of anilines is 1. The number of nitrogens with one attached hydrogen (secondary N) is 1. The molecule has 1 amide bonds. The lowest BCUT2D eigenvalue weighted by molar-refractivity contribution is -0.277. The van der Waals surface area contributed by atoms with E-state index in [0.717, 1.165) is 18.2 Å². The number of rotatable bonds is 10. The van der Waals surface area contributed by atoms with Gasteiger partial charge in [0, 0.05) is 6.07 Å². The van der Waals surface area contributed by atoms with Gasteiger partial charge in [0.2, 0.25) is 5.91 Å². The van der Waals surface area contributed by atoms with Gasteiger partial charge in [0.15, 0.2) is 9.84 Å². The van der Waals surface area contributed by atoms with Crippen molar-refractivity contribution in [2.24, 2.45) is 0 Å². The van der Waals surface area contributed by atoms with Crippen molar-refractivity contribution in [1.82, 2.24) is 5.32 Å². The second kappa shape index (κ2) is 11.0. The first-order chi connectivity index (χ1) is 18.7. The predicted octanol–water partition coefficient (Wildman–Crippen LogP) is 5.14. The maximum absolute atomic E-state index is 14.7. The van der Waals surface area contributed by atoms with Crippen LogP contribution in [0.15, 0.2) is 42.5 Å². The van der Waals surface area contributed by atoms with Gasteiger partial charge in [0.1, 0.15) is 23.2 Å². The van der Waals surface area contributed by atoms with Crippen LogP contribution in [0.2, 0.25) is 0 Å². The minimum absolute atomic E-state index is 0.00269. The van der Waals surface area contributed by atoms with Gasteiger partial charge < -0.3 is 10.2 Å². The first-order valence-corrected chi connectivity index (χ1v) is 13.3. The molecule has 6 nitrogen and oxygen atoms in total. The number of hydrogen-bond acceptors (Lipinski definition) is 5. The van der Waals surface area contributed by atoms with Gasteiger partial charge >= 0.3 is 18.3 Å². The van der Waals surface area contributed by atoms with Crippen molar-refractivity contribution >= 4 is 21.4 Å². The molecule has 2 aromatic rings. The van der Waals surface area contributed by atoms with Crippen molar-refractivity contribution in [1.29, 1.82) is 5.26 Å². The smallest absolute Gasteiger partial charge is 0.350 e. The van der Waals surface area contributed by atoms with Crippen LogP contribution in [0.4, 0.5) is 49.6 Å². The Morgan fingerprint density at radius 1 is 1.02 bits per heavy atom. The Balaban J connectivity index is 2.13. The number of sulfone groups is 1. The molecule has 41 heavy (non-hydrogen) atoms. The van der Waals surface area contributed by atoms with E-state index in [1.165, 1.54) is 0 Å². The van der Waals surface area contributed by atoms with E-state index in [4.69, 9.17) is 0 Å². The van der Waals surface area contributed by atoms with Crippen LogP contribution in [0.25, 0.3) is 0 Å². The molecule has 1 aliphatic carbocycles. The Bertz CT molecular complexity index is 1450.